The zero-order valence-corrected chi connectivity index (χ0v) is 12.9. The third kappa shape index (κ3) is 6.54. The molecule has 0 aromatic rings. The van der Waals surface area contributed by atoms with E-state index in [0.717, 1.165) is 31.3 Å². The quantitative estimate of drug-likeness (QED) is 0.579. The molecule has 0 bridgehead atoms. The van der Waals surface area contributed by atoms with Gasteiger partial charge < -0.3 is 5.11 Å². The number of carbonyl (C=O) groups is 2. The van der Waals surface area contributed by atoms with Gasteiger partial charge in [0.2, 0.25) is 5.91 Å². The highest BCUT2D eigenvalue weighted by atomic mass is 16.3. The summed E-state index contributed by atoms with van der Waals surface area (Å²) in [6, 6.07) is 0. The molecule has 0 spiro atoms. The lowest BCUT2D eigenvalue weighted by Gasteiger charge is -2.09. The summed E-state index contributed by atoms with van der Waals surface area (Å²) in [6.07, 6.45) is 12.1. The van der Waals surface area contributed by atoms with Crippen LogP contribution in [-0.4, -0.2) is 34.5 Å². The molecule has 21 heavy (non-hydrogen) atoms. The fraction of sp³-hybridized carbons (Fsp3) is 0.529. The number of hydrogen-bond donors (Lipinski definition) is 1. The Balaban J connectivity index is 2.42. The van der Waals surface area contributed by atoms with Crippen molar-refractivity contribution in [1.29, 1.82) is 0 Å². The second kappa shape index (κ2) is 9.29. The van der Waals surface area contributed by atoms with E-state index >= 15 is 0 Å². The number of amides is 2. The summed E-state index contributed by atoms with van der Waals surface area (Å²) in [5.41, 5.74) is 0.952. The molecule has 0 aliphatic carbocycles. The zero-order chi connectivity index (χ0) is 15.7. The number of carbonyl (C=O) groups excluding carboxylic acids is 2. The molecule has 1 rings (SSSR count). The molecule has 1 heterocycles. The van der Waals surface area contributed by atoms with E-state index in [9.17, 15) is 14.7 Å². The zero-order valence-electron chi connectivity index (χ0n) is 12.9. The van der Waals surface area contributed by atoms with Crippen molar-refractivity contribution in [3.8, 4) is 0 Å². The van der Waals surface area contributed by atoms with Gasteiger partial charge in [0.25, 0.3) is 5.91 Å². The fourth-order valence-electron chi connectivity index (χ4n) is 2.17. The summed E-state index contributed by atoms with van der Waals surface area (Å²) in [6.45, 7) is 4.52. The fourth-order valence-corrected chi connectivity index (χ4v) is 2.17. The summed E-state index contributed by atoms with van der Waals surface area (Å²) >= 11 is 0. The molecule has 0 aromatic heterocycles. The summed E-state index contributed by atoms with van der Waals surface area (Å²) < 4.78 is 0. The Labute approximate surface area is 126 Å². The molecule has 1 unspecified atom stereocenters. The third-order valence-corrected chi connectivity index (χ3v) is 3.36. The van der Waals surface area contributed by atoms with Crippen LogP contribution in [0.1, 0.15) is 46.0 Å². The minimum absolute atomic E-state index is 0.0937. The van der Waals surface area contributed by atoms with Gasteiger partial charge in [0, 0.05) is 19.0 Å². The van der Waals surface area contributed by atoms with Gasteiger partial charge in [0.15, 0.2) is 0 Å². The smallest absolute Gasteiger partial charge is 0.253 e. The predicted molar refractivity (Wildman–Crippen MR) is 83.5 cm³/mol. The van der Waals surface area contributed by atoms with Crippen molar-refractivity contribution < 1.29 is 14.7 Å². The van der Waals surface area contributed by atoms with Crippen LogP contribution in [0.2, 0.25) is 0 Å². The lowest BCUT2D eigenvalue weighted by atomic mass is 10.1. The molecule has 4 heteroatoms. The maximum Gasteiger partial charge on any atom is 0.253 e. The highest BCUT2D eigenvalue weighted by molar-refractivity contribution is 6.02. The van der Waals surface area contributed by atoms with E-state index in [1.54, 1.807) is 12.2 Å². The van der Waals surface area contributed by atoms with Crippen molar-refractivity contribution in [2.45, 2.75) is 52.1 Å². The monoisotopic (exact) mass is 291 g/mol. The number of allylic oxidation sites excluding steroid dienone is 4. The van der Waals surface area contributed by atoms with Gasteiger partial charge in [-0.15, -0.1) is 0 Å². The topological polar surface area (TPSA) is 57.6 Å². The average Bonchev–Trinajstić information content (AvgIpc) is 2.87. The molecule has 1 aliphatic rings. The van der Waals surface area contributed by atoms with Gasteiger partial charge in [-0.1, -0.05) is 49.6 Å². The molecule has 2 amide bonds. The molecular formula is C17H25NO3. The number of likely N-dealkylation sites (tertiary alicyclic amines) is 1. The highest BCUT2D eigenvalue weighted by Gasteiger charge is 2.24. The second-order valence-electron chi connectivity index (χ2n) is 5.33. The van der Waals surface area contributed by atoms with Crippen LogP contribution in [0, 0.1) is 0 Å². The van der Waals surface area contributed by atoms with E-state index in [2.05, 4.69) is 6.92 Å². The molecule has 1 atom stereocenters. The summed E-state index contributed by atoms with van der Waals surface area (Å²) in [7, 11) is 0. The van der Waals surface area contributed by atoms with Crippen LogP contribution in [0.5, 0.6) is 0 Å². The first kappa shape index (κ1) is 17.4. The van der Waals surface area contributed by atoms with E-state index in [-0.39, 0.29) is 11.8 Å². The molecule has 0 radical (unpaired) electrons. The largest absolute Gasteiger partial charge is 0.389 e. The number of nitrogens with zero attached hydrogens (tertiary/aromatic N) is 1. The lowest BCUT2D eigenvalue weighted by molar-refractivity contribution is -0.138. The number of rotatable bonds is 7. The Bertz CT molecular complexity index is 449. The normalized spacial score (nSPS) is 18.1. The molecule has 4 nitrogen and oxygen atoms in total. The number of aliphatic hydroxyl groups is 1. The van der Waals surface area contributed by atoms with E-state index < -0.39 is 6.10 Å². The Hall–Kier alpha value is -1.68. The predicted octanol–water partition coefficient (Wildman–Crippen LogP) is 2.75. The average molecular weight is 291 g/mol. The van der Waals surface area contributed by atoms with Crippen LogP contribution in [0.25, 0.3) is 0 Å². The van der Waals surface area contributed by atoms with Crippen molar-refractivity contribution in [3.05, 3.63) is 36.0 Å². The maximum absolute atomic E-state index is 11.7. The molecular weight excluding hydrogens is 266 g/mol. The standard InChI is InChI=1S/C17H25NO3/c1-3-4-9-15(19)13-14(2)8-5-6-10-16(20)18-12-7-11-17(18)21/h5-6,8,10,13,15,19H,3-4,7,9,11-12H2,1-2H3/b8-5+,10-6-,14-13+. The molecule has 1 fully saturated rings. The number of imide groups is 1. The van der Waals surface area contributed by atoms with Crippen LogP contribution < -0.4 is 0 Å². The second-order valence-corrected chi connectivity index (χ2v) is 5.33. The first-order valence-electron chi connectivity index (χ1n) is 7.60. The first-order chi connectivity index (χ1) is 10.0. The van der Waals surface area contributed by atoms with Crippen molar-refractivity contribution in [3.63, 3.8) is 0 Å². The van der Waals surface area contributed by atoms with E-state index in [1.807, 2.05) is 19.1 Å². The molecule has 1 N–H and O–H groups in total. The Kier molecular flexibility index (Phi) is 7.69. The van der Waals surface area contributed by atoms with E-state index in [0.29, 0.717) is 13.0 Å². The van der Waals surface area contributed by atoms with E-state index in [4.69, 9.17) is 0 Å². The number of unbranched alkanes of at least 4 members (excludes halogenated alkanes) is 1. The Morgan fingerprint density at radius 3 is 2.71 bits per heavy atom. The Morgan fingerprint density at radius 2 is 2.10 bits per heavy atom. The molecule has 1 saturated heterocycles. The Morgan fingerprint density at radius 1 is 1.38 bits per heavy atom. The van der Waals surface area contributed by atoms with Gasteiger partial charge in [-0.3, -0.25) is 14.5 Å². The van der Waals surface area contributed by atoms with Gasteiger partial charge in [0.05, 0.1) is 6.10 Å². The van der Waals surface area contributed by atoms with Gasteiger partial charge in [-0.2, -0.15) is 0 Å². The number of aliphatic hydroxyl groups excluding tert-OH is 1. The van der Waals surface area contributed by atoms with Crippen LogP contribution in [-0.2, 0) is 9.59 Å². The lowest BCUT2D eigenvalue weighted by Crippen LogP contribution is -2.30. The van der Waals surface area contributed by atoms with Gasteiger partial charge in [0.1, 0.15) is 0 Å². The van der Waals surface area contributed by atoms with Gasteiger partial charge >= 0.3 is 0 Å². The van der Waals surface area contributed by atoms with Crippen LogP contribution >= 0.6 is 0 Å². The first-order valence-corrected chi connectivity index (χ1v) is 7.60. The van der Waals surface area contributed by atoms with Crippen LogP contribution in [0.4, 0.5) is 0 Å². The maximum atomic E-state index is 11.7. The number of hydrogen-bond acceptors (Lipinski definition) is 3. The van der Waals surface area contributed by atoms with Crippen LogP contribution in [0.3, 0.4) is 0 Å². The molecule has 116 valence electrons. The minimum Gasteiger partial charge on any atom is -0.389 e. The summed E-state index contributed by atoms with van der Waals surface area (Å²) in [5, 5.41) is 9.74. The van der Waals surface area contributed by atoms with Crippen molar-refractivity contribution >= 4 is 11.8 Å². The molecule has 0 saturated carbocycles. The van der Waals surface area contributed by atoms with Crippen molar-refractivity contribution in [1.82, 2.24) is 4.90 Å². The van der Waals surface area contributed by atoms with Crippen molar-refractivity contribution in [2.24, 2.45) is 0 Å². The van der Waals surface area contributed by atoms with Gasteiger partial charge in [-0.25, -0.2) is 0 Å². The van der Waals surface area contributed by atoms with E-state index in [1.165, 1.54) is 11.0 Å². The summed E-state index contributed by atoms with van der Waals surface area (Å²) in [4.78, 5) is 24.4. The summed E-state index contributed by atoms with van der Waals surface area (Å²) in [5.74, 6) is -0.351. The molecule has 1 aliphatic heterocycles. The SMILES string of the molecule is CCCCC(O)/C=C(C)/C=C/C=C\C(=O)N1CCCC1=O. The third-order valence-electron chi connectivity index (χ3n) is 3.36. The van der Waals surface area contributed by atoms with Gasteiger partial charge in [-0.05, 0) is 19.8 Å². The van der Waals surface area contributed by atoms with Crippen molar-refractivity contribution in [2.75, 3.05) is 6.54 Å². The van der Waals surface area contributed by atoms with Crippen LogP contribution in [0.15, 0.2) is 36.0 Å². The minimum atomic E-state index is -0.414. The molecule has 0 aromatic carbocycles. The highest BCUT2D eigenvalue weighted by Crippen LogP contribution is 2.10.